The van der Waals surface area contributed by atoms with Crippen molar-refractivity contribution < 1.29 is 4.39 Å². The summed E-state index contributed by atoms with van der Waals surface area (Å²) >= 11 is 0. The van der Waals surface area contributed by atoms with Crippen LogP contribution in [0.3, 0.4) is 0 Å². The van der Waals surface area contributed by atoms with Gasteiger partial charge in [0, 0.05) is 43.6 Å². The molecular weight excluding hydrogens is 207 g/mol. The minimum atomic E-state index is -0.706. The second-order valence-corrected chi connectivity index (χ2v) is 4.22. The zero-order valence-electron chi connectivity index (χ0n) is 9.43. The molecule has 4 nitrogen and oxygen atoms in total. The molecule has 88 valence electrons. The summed E-state index contributed by atoms with van der Waals surface area (Å²) in [4.78, 5) is 10.1. The highest BCUT2D eigenvalue weighted by molar-refractivity contribution is 5.03. The van der Waals surface area contributed by atoms with Crippen molar-refractivity contribution in [1.82, 2.24) is 20.2 Å². The van der Waals surface area contributed by atoms with E-state index >= 15 is 0 Å². The lowest BCUT2D eigenvalue weighted by Crippen LogP contribution is -2.36. The predicted molar refractivity (Wildman–Crippen MR) is 59.7 cm³/mol. The maximum atomic E-state index is 13.3. The van der Waals surface area contributed by atoms with Crippen LogP contribution >= 0.6 is 0 Å². The summed E-state index contributed by atoms with van der Waals surface area (Å²) in [6.45, 7) is 2.07. The van der Waals surface area contributed by atoms with Gasteiger partial charge in [0.05, 0.1) is 0 Å². The van der Waals surface area contributed by atoms with E-state index < -0.39 is 6.17 Å². The Morgan fingerprint density at radius 1 is 1.50 bits per heavy atom. The van der Waals surface area contributed by atoms with E-state index in [0.717, 1.165) is 18.7 Å². The molecule has 16 heavy (non-hydrogen) atoms. The molecule has 1 aliphatic heterocycles. The predicted octanol–water partition coefficient (Wildman–Crippen LogP) is 0.608. The molecule has 0 amide bonds. The maximum absolute atomic E-state index is 13.3. The van der Waals surface area contributed by atoms with Crippen LogP contribution in [0, 0.1) is 0 Å². The summed E-state index contributed by atoms with van der Waals surface area (Å²) < 4.78 is 13.3. The number of rotatable bonds is 4. The summed E-state index contributed by atoms with van der Waals surface area (Å²) in [7, 11) is 1.90. The van der Waals surface area contributed by atoms with Gasteiger partial charge in [-0.2, -0.15) is 0 Å². The number of nitrogens with zero attached hydrogens (tertiary/aromatic N) is 3. The van der Waals surface area contributed by atoms with Gasteiger partial charge >= 0.3 is 0 Å². The molecule has 2 heterocycles. The number of likely N-dealkylation sites (N-methyl/N-ethyl adjacent to an activating group) is 1. The van der Waals surface area contributed by atoms with Gasteiger partial charge in [-0.3, -0.25) is 4.90 Å². The summed E-state index contributed by atoms with van der Waals surface area (Å²) in [6.07, 6.45) is 5.00. The van der Waals surface area contributed by atoms with Gasteiger partial charge in [-0.15, -0.1) is 0 Å². The molecule has 1 N–H and O–H groups in total. The van der Waals surface area contributed by atoms with E-state index in [-0.39, 0.29) is 6.04 Å². The molecule has 1 aliphatic rings. The second kappa shape index (κ2) is 5.32. The third-order valence-electron chi connectivity index (χ3n) is 2.92. The molecule has 1 saturated heterocycles. The van der Waals surface area contributed by atoms with Gasteiger partial charge in [0.2, 0.25) is 0 Å². The van der Waals surface area contributed by atoms with Crippen molar-refractivity contribution in [3.8, 4) is 0 Å². The fourth-order valence-electron chi connectivity index (χ4n) is 2.21. The molecule has 2 atom stereocenters. The van der Waals surface area contributed by atoms with Gasteiger partial charge in [-0.05, 0) is 13.5 Å². The van der Waals surface area contributed by atoms with Gasteiger partial charge in [0.1, 0.15) is 12.5 Å². The van der Waals surface area contributed by atoms with Crippen LogP contribution in [0.5, 0.6) is 0 Å². The monoisotopic (exact) mass is 224 g/mol. The van der Waals surface area contributed by atoms with Crippen molar-refractivity contribution in [3.05, 3.63) is 24.3 Å². The highest BCUT2D eigenvalue weighted by Gasteiger charge is 2.31. The Morgan fingerprint density at radius 2 is 2.25 bits per heavy atom. The van der Waals surface area contributed by atoms with E-state index in [1.165, 1.54) is 6.33 Å². The van der Waals surface area contributed by atoms with Crippen LogP contribution in [0.2, 0.25) is 0 Å². The van der Waals surface area contributed by atoms with Crippen LogP contribution in [-0.4, -0.2) is 47.2 Å². The average molecular weight is 224 g/mol. The summed E-state index contributed by atoms with van der Waals surface area (Å²) in [5.41, 5.74) is 1.04. The number of alkyl halides is 1. The van der Waals surface area contributed by atoms with Crippen molar-refractivity contribution in [2.24, 2.45) is 0 Å². The first-order valence-corrected chi connectivity index (χ1v) is 5.56. The maximum Gasteiger partial charge on any atom is 0.115 e. The molecule has 0 bridgehead atoms. The summed E-state index contributed by atoms with van der Waals surface area (Å²) in [5.74, 6) is 0. The highest BCUT2D eigenvalue weighted by atomic mass is 19.1. The normalized spacial score (nSPS) is 26.1. The Balaban J connectivity index is 1.97. The molecule has 0 unspecified atom stereocenters. The van der Waals surface area contributed by atoms with E-state index in [4.69, 9.17) is 0 Å². The lowest BCUT2D eigenvalue weighted by Gasteiger charge is -2.23. The van der Waals surface area contributed by atoms with Crippen LogP contribution in [0.25, 0.3) is 0 Å². The molecule has 1 aromatic rings. The molecule has 0 radical (unpaired) electrons. The standard InChI is InChI=1S/C11H17FN4/c1-13-5-11-2-10(12)7-16(11)6-9-3-14-8-15-4-9/h3-4,8,10-11,13H,2,5-7H2,1H3/t10-,11+/m0/s1. The number of hydrogen-bond acceptors (Lipinski definition) is 4. The first-order valence-electron chi connectivity index (χ1n) is 5.56. The zero-order chi connectivity index (χ0) is 11.4. The van der Waals surface area contributed by atoms with Crippen molar-refractivity contribution in [2.45, 2.75) is 25.2 Å². The molecule has 2 rings (SSSR count). The number of aromatic nitrogens is 2. The van der Waals surface area contributed by atoms with Crippen molar-refractivity contribution in [3.63, 3.8) is 0 Å². The van der Waals surface area contributed by atoms with E-state index in [9.17, 15) is 4.39 Å². The van der Waals surface area contributed by atoms with Crippen LogP contribution in [0.15, 0.2) is 18.7 Å². The van der Waals surface area contributed by atoms with Gasteiger partial charge in [0.25, 0.3) is 0 Å². The SMILES string of the molecule is CNC[C@H]1C[C@H](F)CN1Cc1cncnc1. The third-order valence-corrected chi connectivity index (χ3v) is 2.92. The lowest BCUT2D eigenvalue weighted by atomic mass is 10.2. The number of halogens is 1. The largest absolute Gasteiger partial charge is 0.318 e. The molecule has 5 heteroatoms. The van der Waals surface area contributed by atoms with Crippen LogP contribution < -0.4 is 5.32 Å². The molecule has 0 aliphatic carbocycles. The minimum Gasteiger partial charge on any atom is -0.318 e. The summed E-state index contributed by atoms with van der Waals surface area (Å²) in [6, 6.07) is 0.278. The molecule has 0 spiro atoms. The van der Waals surface area contributed by atoms with Gasteiger partial charge in [-0.25, -0.2) is 14.4 Å². The van der Waals surface area contributed by atoms with Crippen LogP contribution in [0.4, 0.5) is 4.39 Å². The van der Waals surface area contributed by atoms with E-state index in [2.05, 4.69) is 20.2 Å². The zero-order valence-corrected chi connectivity index (χ0v) is 9.43. The fourth-order valence-corrected chi connectivity index (χ4v) is 2.21. The Bertz CT molecular complexity index is 319. The molecule has 0 aromatic carbocycles. The smallest absolute Gasteiger partial charge is 0.115 e. The molecule has 1 fully saturated rings. The van der Waals surface area contributed by atoms with Crippen molar-refractivity contribution in [2.75, 3.05) is 20.1 Å². The van der Waals surface area contributed by atoms with Crippen molar-refractivity contribution >= 4 is 0 Å². The average Bonchev–Trinajstić information content (AvgIpc) is 2.61. The van der Waals surface area contributed by atoms with Gasteiger partial charge in [0.15, 0.2) is 0 Å². The third kappa shape index (κ3) is 2.74. The quantitative estimate of drug-likeness (QED) is 0.813. The Morgan fingerprint density at radius 3 is 2.94 bits per heavy atom. The first-order chi connectivity index (χ1) is 7.79. The number of nitrogens with one attached hydrogen (secondary N) is 1. The highest BCUT2D eigenvalue weighted by Crippen LogP contribution is 2.21. The lowest BCUT2D eigenvalue weighted by molar-refractivity contribution is 0.232. The van der Waals surface area contributed by atoms with Crippen molar-refractivity contribution in [1.29, 1.82) is 0 Å². The second-order valence-electron chi connectivity index (χ2n) is 4.22. The Kier molecular flexibility index (Phi) is 3.79. The fraction of sp³-hybridized carbons (Fsp3) is 0.636. The Labute approximate surface area is 94.9 Å². The van der Waals surface area contributed by atoms with Crippen LogP contribution in [0.1, 0.15) is 12.0 Å². The first kappa shape index (κ1) is 11.4. The topological polar surface area (TPSA) is 41.0 Å². The van der Waals surface area contributed by atoms with Gasteiger partial charge in [-0.1, -0.05) is 0 Å². The van der Waals surface area contributed by atoms with E-state index in [0.29, 0.717) is 13.0 Å². The van der Waals surface area contributed by atoms with E-state index in [1.54, 1.807) is 12.4 Å². The van der Waals surface area contributed by atoms with Crippen LogP contribution in [-0.2, 0) is 6.54 Å². The molecule has 1 aromatic heterocycles. The number of hydrogen-bond donors (Lipinski definition) is 1. The van der Waals surface area contributed by atoms with E-state index in [1.807, 2.05) is 7.05 Å². The molecular formula is C11H17FN4. The number of likely N-dealkylation sites (tertiary alicyclic amines) is 1. The van der Waals surface area contributed by atoms with Gasteiger partial charge < -0.3 is 5.32 Å². The Hall–Kier alpha value is -1.07. The molecule has 0 saturated carbocycles. The summed E-state index contributed by atoms with van der Waals surface area (Å²) in [5, 5.41) is 3.11. The minimum absolute atomic E-state index is 0.278.